The maximum atomic E-state index is 12.5. The lowest BCUT2D eigenvalue weighted by molar-refractivity contribution is -0.116. The third-order valence-electron chi connectivity index (χ3n) is 5.21. The standard InChI is InChI=1S/C21H19N3O4/c1-24-21-18(19(23-24)12-6-4-3-5-7-12)14(10-17(25)22-21)13-8-15(26-2)20-16(9-13)27-11-28-20/h3-9,14H,10-11H2,1-2H3,(H,22,25). The maximum absolute atomic E-state index is 12.5. The van der Waals surface area contributed by atoms with Gasteiger partial charge in [-0.05, 0) is 17.7 Å². The van der Waals surface area contributed by atoms with Crippen LogP contribution < -0.4 is 19.5 Å². The molecular weight excluding hydrogens is 358 g/mol. The lowest BCUT2D eigenvalue weighted by atomic mass is 9.84. The van der Waals surface area contributed by atoms with Crippen molar-refractivity contribution in [3.63, 3.8) is 0 Å². The summed E-state index contributed by atoms with van der Waals surface area (Å²) >= 11 is 0. The third kappa shape index (κ3) is 2.51. The van der Waals surface area contributed by atoms with Crippen molar-refractivity contribution in [2.45, 2.75) is 12.3 Å². The SMILES string of the molecule is COc1cc(C2CC(=O)Nc3c2c(-c2ccccc2)nn3C)cc2c1OCO2. The summed E-state index contributed by atoms with van der Waals surface area (Å²) in [6.07, 6.45) is 0.321. The average Bonchev–Trinajstić information content (AvgIpc) is 3.32. The normalized spacial score (nSPS) is 17.2. The summed E-state index contributed by atoms with van der Waals surface area (Å²) in [6.45, 7) is 0.160. The third-order valence-corrected chi connectivity index (χ3v) is 5.21. The number of aryl methyl sites for hydroxylation is 1. The van der Waals surface area contributed by atoms with Crippen LogP contribution in [0, 0.1) is 0 Å². The Kier molecular flexibility index (Phi) is 3.75. The van der Waals surface area contributed by atoms with Crippen LogP contribution in [0.25, 0.3) is 11.3 Å². The quantitative estimate of drug-likeness (QED) is 0.758. The molecule has 0 bridgehead atoms. The fourth-order valence-electron chi connectivity index (χ4n) is 3.93. The predicted molar refractivity (Wildman–Crippen MR) is 103 cm³/mol. The van der Waals surface area contributed by atoms with E-state index in [0.29, 0.717) is 23.7 Å². The molecule has 2 aromatic carbocycles. The van der Waals surface area contributed by atoms with Gasteiger partial charge in [0.05, 0.1) is 12.8 Å². The van der Waals surface area contributed by atoms with Crippen molar-refractivity contribution < 1.29 is 19.0 Å². The van der Waals surface area contributed by atoms with Crippen LogP contribution in [0.15, 0.2) is 42.5 Å². The first-order valence-electron chi connectivity index (χ1n) is 9.05. The van der Waals surface area contributed by atoms with Crippen molar-refractivity contribution in [3.05, 3.63) is 53.6 Å². The molecule has 7 nitrogen and oxygen atoms in total. The highest BCUT2D eigenvalue weighted by Crippen LogP contribution is 2.48. The fraction of sp³-hybridized carbons (Fsp3) is 0.238. The predicted octanol–water partition coefficient (Wildman–Crippen LogP) is 3.30. The highest BCUT2D eigenvalue weighted by Gasteiger charge is 2.35. The first-order valence-corrected chi connectivity index (χ1v) is 9.05. The highest BCUT2D eigenvalue weighted by molar-refractivity contribution is 5.96. The number of amides is 1. The second kappa shape index (κ2) is 6.30. The molecular formula is C21H19N3O4. The van der Waals surface area contributed by atoms with E-state index >= 15 is 0 Å². The summed E-state index contributed by atoms with van der Waals surface area (Å²) in [5.74, 6) is 2.33. The van der Waals surface area contributed by atoms with Gasteiger partial charge in [0, 0.05) is 30.5 Å². The molecule has 28 heavy (non-hydrogen) atoms. The molecule has 2 aliphatic rings. The van der Waals surface area contributed by atoms with Crippen LogP contribution in [-0.2, 0) is 11.8 Å². The van der Waals surface area contributed by atoms with Crippen LogP contribution in [0.3, 0.4) is 0 Å². The highest BCUT2D eigenvalue weighted by atomic mass is 16.7. The molecule has 1 atom stereocenters. The Labute approximate surface area is 161 Å². The van der Waals surface area contributed by atoms with E-state index in [4.69, 9.17) is 19.3 Å². The van der Waals surface area contributed by atoms with Gasteiger partial charge in [-0.1, -0.05) is 30.3 Å². The minimum Gasteiger partial charge on any atom is -0.493 e. The number of carbonyl (C=O) groups is 1. The van der Waals surface area contributed by atoms with Gasteiger partial charge >= 0.3 is 0 Å². The Morgan fingerprint density at radius 3 is 2.82 bits per heavy atom. The van der Waals surface area contributed by atoms with E-state index in [1.54, 1.807) is 11.8 Å². The number of nitrogens with one attached hydrogen (secondary N) is 1. The van der Waals surface area contributed by atoms with Crippen LogP contribution >= 0.6 is 0 Å². The summed E-state index contributed by atoms with van der Waals surface area (Å²) < 4.78 is 18.3. The molecule has 1 N–H and O–H groups in total. The maximum Gasteiger partial charge on any atom is 0.231 e. The molecule has 142 valence electrons. The van der Waals surface area contributed by atoms with E-state index in [2.05, 4.69) is 5.32 Å². The van der Waals surface area contributed by atoms with Crippen LogP contribution in [-0.4, -0.2) is 29.6 Å². The van der Waals surface area contributed by atoms with Crippen LogP contribution in [0.2, 0.25) is 0 Å². The molecule has 0 aliphatic carbocycles. The van der Waals surface area contributed by atoms with Crippen molar-refractivity contribution in [1.29, 1.82) is 0 Å². The molecule has 1 aromatic heterocycles. The van der Waals surface area contributed by atoms with Gasteiger partial charge in [0.2, 0.25) is 18.4 Å². The number of fused-ring (bicyclic) bond motifs is 2. The largest absolute Gasteiger partial charge is 0.493 e. The fourth-order valence-corrected chi connectivity index (χ4v) is 3.93. The van der Waals surface area contributed by atoms with Crippen molar-refractivity contribution in [2.24, 2.45) is 7.05 Å². The lowest BCUT2D eigenvalue weighted by Gasteiger charge is -2.25. The first-order chi connectivity index (χ1) is 13.7. The Morgan fingerprint density at radius 1 is 1.21 bits per heavy atom. The molecule has 1 amide bonds. The van der Waals surface area contributed by atoms with Gasteiger partial charge in [-0.3, -0.25) is 9.48 Å². The summed E-state index contributed by atoms with van der Waals surface area (Å²) in [7, 11) is 3.44. The Morgan fingerprint density at radius 2 is 2.04 bits per heavy atom. The summed E-state index contributed by atoms with van der Waals surface area (Å²) in [4.78, 5) is 12.5. The zero-order valence-corrected chi connectivity index (χ0v) is 15.6. The smallest absolute Gasteiger partial charge is 0.231 e. The number of carbonyl (C=O) groups excluding carboxylic acids is 1. The Bertz CT molecular complexity index is 1070. The zero-order valence-electron chi connectivity index (χ0n) is 15.6. The minimum atomic E-state index is -0.170. The molecule has 0 radical (unpaired) electrons. The van der Waals surface area contributed by atoms with Gasteiger partial charge in [0.25, 0.3) is 0 Å². The van der Waals surface area contributed by atoms with E-state index in [1.807, 2.05) is 49.5 Å². The Balaban J connectivity index is 1.71. The minimum absolute atomic E-state index is 0.0447. The number of nitrogens with zero attached hydrogens (tertiary/aromatic N) is 2. The van der Waals surface area contributed by atoms with E-state index in [-0.39, 0.29) is 18.6 Å². The van der Waals surface area contributed by atoms with Gasteiger partial charge in [0.1, 0.15) is 5.82 Å². The van der Waals surface area contributed by atoms with Crippen molar-refractivity contribution >= 4 is 11.7 Å². The van der Waals surface area contributed by atoms with Crippen LogP contribution in [0.5, 0.6) is 17.2 Å². The lowest BCUT2D eigenvalue weighted by Crippen LogP contribution is -2.24. The molecule has 1 unspecified atom stereocenters. The molecule has 5 rings (SSSR count). The van der Waals surface area contributed by atoms with Gasteiger partial charge in [-0.15, -0.1) is 0 Å². The van der Waals surface area contributed by atoms with Crippen molar-refractivity contribution in [1.82, 2.24) is 9.78 Å². The molecule has 0 fully saturated rings. The number of benzene rings is 2. The topological polar surface area (TPSA) is 74.6 Å². The number of anilines is 1. The molecule has 0 saturated heterocycles. The molecule has 0 spiro atoms. The monoisotopic (exact) mass is 377 g/mol. The van der Waals surface area contributed by atoms with Crippen molar-refractivity contribution in [3.8, 4) is 28.5 Å². The average molecular weight is 377 g/mol. The first kappa shape index (κ1) is 16.7. The molecule has 3 aromatic rings. The number of ether oxygens (including phenoxy) is 3. The van der Waals surface area contributed by atoms with Gasteiger partial charge in [-0.2, -0.15) is 5.10 Å². The van der Waals surface area contributed by atoms with Crippen LogP contribution in [0.4, 0.5) is 5.82 Å². The second-order valence-corrected chi connectivity index (χ2v) is 6.86. The molecule has 0 saturated carbocycles. The number of methoxy groups -OCH3 is 1. The number of rotatable bonds is 3. The Hall–Kier alpha value is -3.48. The van der Waals surface area contributed by atoms with Gasteiger partial charge < -0.3 is 19.5 Å². The number of hydrogen-bond donors (Lipinski definition) is 1. The van der Waals surface area contributed by atoms with Crippen molar-refractivity contribution in [2.75, 3.05) is 19.2 Å². The number of aromatic nitrogens is 2. The second-order valence-electron chi connectivity index (χ2n) is 6.86. The summed E-state index contributed by atoms with van der Waals surface area (Å²) in [6, 6.07) is 13.8. The van der Waals surface area contributed by atoms with E-state index in [1.165, 1.54) is 0 Å². The van der Waals surface area contributed by atoms with Crippen LogP contribution in [0.1, 0.15) is 23.5 Å². The van der Waals surface area contributed by atoms with E-state index in [0.717, 1.165) is 28.2 Å². The van der Waals surface area contributed by atoms with E-state index < -0.39 is 0 Å². The zero-order chi connectivity index (χ0) is 19.3. The summed E-state index contributed by atoms with van der Waals surface area (Å²) in [5.41, 5.74) is 3.80. The molecule has 3 heterocycles. The summed E-state index contributed by atoms with van der Waals surface area (Å²) in [5, 5.41) is 7.68. The van der Waals surface area contributed by atoms with Gasteiger partial charge in [-0.25, -0.2) is 0 Å². The van der Waals surface area contributed by atoms with Gasteiger partial charge in [0.15, 0.2) is 11.5 Å². The number of hydrogen-bond acceptors (Lipinski definition) is 5. The molecule has 2 aliphatic heterocycles. The molecule has 7 heteroatoms. The van der Waals surface area contributed by atoms with E-state index in [9.17, 15) is 4.79 Å².